The standard InChI is InChI=1S/C21H20O6/c1-13(19(24)25)21(10-18(22)23)26-11-20(12-27-21)16-8-4-2-6-14(16)15-7-3-5-9-17(15)20/h2-9,13H,10-12H2,1H3,(H,22,23)(H,24,25). The Kier molecular flexibility index (Phi) is 4.05. The van der Waals surface area contributed by atoms with E-state index >= 15 is 0 Å². The average Bonchev–Trinajstić information content (AvgIpc) is 2.94. The summed E-state index contributed by atoms with van der Waals surface area (Å²) >= 11 is 0. The molecule has 0 amide bonds. The molecule has 2 N–H and O–H groups in total. The van der Waals surface area contributed by atoms with Crippen LogP contribution in [0.3, 0.4) is 0 Å². The molecule has 1 heterocycles. The summed E-state index contributed by atoms with van der Waals surface area (Å²) in [6.07, 6.45) is -0.528. The van der Waals surface area contributed by atoms with Crippen LogP contribution in [-0.4, -0.2) is 41.2 Å². The fourth-order valence-electron chi connectivity index (χ4n) is 4.20. The Morgan fingerprint density at radius 2 is 1.44 bits per heavy atom. The van der Waals surface area contributed by atoms with Gasteiger partial charge in [-0.2, -0.15) is 0 Å². The van der Waals surface area contributed by atoms with Crippen LogP contribution in [0.5, 0.6) is 0 Å². The molecule has 2 aliphatic rings. The first-order valence-corrected chi connectivity index (χ1v) is 8.81. The largest absolute Gasteiger partial charge is 0.481 e. The monoisotopic (exact) mass is 368 g/mol. The van der Waals surface area contributed by atoms with Crippen LogP contribution in [0.25, 0.3) is 11.1 Å². The van der Waals surface area contributed by atoms with Gasteiger partial charge < -0.3 is 19.7 Å². The summed E-state index contributed by atoms with van der Waals surface area (Å²) in [6.45, 7) is 1.73. The summed E-state index contributed by atoms with van der Waals surface area (Å²) in [5, 5.41) is 18.7. The van der Waals surface area contributed by atoms with E-state index in [0.29, 0.717) is 0 Å². The second-order valence-electron chi connectivity index (χ2n) is 7.19. The number of carbonyl (C=O) groups is 2. The molecular weight excluding hydrogens is 348 g/mol. The SMILES string of the molecule is CC(C(=O)O)C1(CC(=O)O)OCC2(CO1)c1ccccc1-c1ccccc12. The molecule has 140 valence electrons. The van der Waals surface area contributed by atoms with Gasteiger partial charge in [0.15, 0.2) is 5.79 Å². The van der Waals surface area contributed by atoms with Crippen LogP contribution in [0.2, 0.25) is 0 Å². The number of aliphatic carboxylic acids is 2. The molecule has 0 aromatic heterocycles. The topological polar surface area (TPSA) is 93.1 Å². The zero-order chi connectivity index (χ0) is 19.2. The van der Waals surface area contributed by atoms with Crippen molar-refractivity contribution in [3.8, 4) is 11.1 Å². The van der Waals surface area contributed by atoms with Crippen molar-refractivity contribution >= 4 is 11.9 Å². The molecule has 1 saturated heterocycles. The second kappa shape index (κ2) is 6.18. The minimum atomic E-state index is -1.69. The quantitative estimate of drug-likeness (QED) is 0.862. The van der Waals surface area contributed by atoms with Crippen molar-refractivity contribution in [1.29, 1.82) is 0 Å². The van der Waals surface area contributed by atoms with Gasteiger partial charge in [0.1, 0.15) is 12.3 Å². The Balaban J connectivity index is 1.76. The Morgan fingerprint density at radius 3 is 1.89 bits per heavy atom. The van der Waals surface area contributed by atoms with E-state index in [1.54, 1.807) is 0 Å². The van der Waals surface area contributed by atoms with Crippen molar-refractivity contribution in [3.05, 3.63) is 59.7 Å². The third-order valence-corrected chi connectivity index (χ3v) is 5.73. The van der Waals surface area contributed by atoms with Crippen molar-refractivity contribution in [2.45, 2.75) is 24.5 Å². The van der Waals surface area contributed by atoms with Crippen LogP contribution in [0.4, 0.5) is 0 Å². The smallest absolute Gasteiger partial charge is 0.311 e. The molecular formula is C21H20O6. The van der Waals surface area contributed by atoms with Gasteiger partial charge in [0.2, 0.25) is 0 Å². The Bertz CT molecular complexity index is 863. The number of fused-ring (bicyclic) bond motifs is 5. The molecule has 1 unspecified atom stereocenters. The third-order valence-electron chi connectivity index (χ3n) is 5.73. The first-order valence-electron chi connectivity index (χ1n) is 8.81. The molecule has 6 nitrogen and oxygen atoms in total. The van der Waals surface area contributed by atoms with Gasteiger partial charge in [-0.1, -0.05) is 48.5 Å². The molecule has 0 radical (unpaired) electrons. The molecule has 2 aromatic rings. The van der Waals surface area contributed by atoms with Gasteiger partial charge >= 0.3 is 11.9 Å². The fraction of sp³-hybridized carbons (Fsp3) is 0.333. The molecule has 1 fully saturated rings. The fourth-order valence-corrected chi connectivity index (χ4v) is 4.20. The highest BCUT2D eigenvalue weighted by molar-refractivity contribution is 5.81. The van der Waals surface area contributed by atoms with Crippen molar-refractivity contribution in [3.63, 3.8) is 0 Å². The molecule has 4 rings (SSSR count). The lowest BCUT2D eigenvalue weighted by Crippen LogP contribution is -2.57. The number of carboxylic acids is 2. The van der Waals surface area contributed by atoms with E-state index in [1.807, 2.05) is 48.5 Å². The Morgan fingerprint density at radius 1 is 0.963 bits per heavy atom. The van der Waals surface area contributed by atoms with Crippen LogP contribution in [0.15, 0.2) is 48.5 Å². The maximum Gasteiger partial charge on any atom is 0.311 e. The highest BCUT2D eigenvalue weighted by atomic mass is 16.7. The molecule has 2 aromatic carbocycles. The summed E-state index contributed by atoms with van der Waals surface area (Å²) in [6, 6.07) is 16.0. The number of rotatable bonds is 4. The van der Waals surface area contributed by atoms with Crippen molar-refractivity contribution < 1.29 is 29.3 Å². The summed E-state index contributed by atoms with van der Waals surface area (Å²) < 4.78 is 11.9. The number of ether oxygens (including phenoxy) is 2. The minimum absolute atomic E-state index is 0.159. The van der Waals surface area contributed by atoms with E-state index in [4.69, 9.17) is 9.47 Å². The van der Waals surface area contributed by atoms with Crippen molar-refractivity contribution in [1.82, 2.24) is 0 Å². The van der Waals surface area contributed by atoms with E-state index < -0.39 is 35.5 Å². The van der Waals surface area contributed by atoms with E-state index in [-0.39, 0.29) is 13.2 Å². The predicted molar refractivity (Wildman–Crippen MR) is 96.3 cm³/mol. The van der Waals surface area contributed by atoms with Gasteiger partial charge in [0, 0.05) is 0 Å². The predicted octanol–water partition coefficient (Wildman–Crippen LogP) is 2.89. The van der Waals surface area contributed by atoms with E-state index in [0.717, 1.165) is 22.3 Å². The van der Waals surface area contributed by atoms with Crippen molar-refractivity contribution in [2.24, 2.45) is 5.92 Å². The molecule has 0 saturated carbocycles. The molecule has 1 atom stereocenters. The van der Waals surface area contributed by atoms with E-state index in [2.05, 4.69) is 0 Å². The minimum Gasteiger partial charge on any atom is -0.481 e. The molecule has 27 heavy (non-hydrogen) atoms. The Hall–Kier alpha value is -2.70. The molecule has 0 bridgehead atoms. The van der Waals surface area contributed by atoms with Gasteiger partial charge in [0.05, 0.1) is 18.6 Å². The number of hydrogen-bond acceptors (Lipinski definition) is 4. The van der Waals surface area contributed by atoms with Crippen molar-refractivity contribution in [2.75, 3.05) is 13.2 Å². The highest BCUT2D eigenvalue weighted by Gasteiger charge is 2.55. The molecule has 1 aliphatic carbocycles. The lowest BCUT2D eigenvalue weighted by Gasteiger charge is -2.46. The summed E-state index contributed by atoms with van der Waals surface area (Å²) in [5.74, 6) is -5.11. The number of carboxylic acid groups (broad SMARTS) is 2. The average molecular weight is 368 g/mol. The van der Waals surface area contributed by atoms with E-state index in [1.165, 1.54) is 6.92 Å². The molecule has 6 heteroatoms. The summed E-state index contributed by atoms with van der Waals surface area (Å²) in [5.41, 5.74) is 3.72. The van der Waals surface area contributed by atoms with Gasteiger partial charge in [-0.3, -0.25) is 9.59 Å². The first-order chi connectivity index (χ1) is 12.9. The highest BCUT2D eigenvalue weighted by Crippen LogP contribution is 2.52. The van der Waals surface area contributed by atoms with Crippen LogP contribution in [0.1, 0.15) is 24.5 Å². The lowest BCUT2D eigenvalue weighted by molar-refractivity contribution is -0.305. The van der Waals surface area contributed by atoms with Crippen LogP contribution in [-0.2, 0) is 24.5 Å². The lowest BCUT2D eigenvalue weighted by atomic mass is 9.78. The van der Waals surface area contributed by atoms with Gasteiger partial charge in [-0.25, -0.2) is 0 Å². The Labute approximate surface area is 156 Å². The third kappa shape index (κ3) is 2.56. The van der Waals surface area contributed by atoms with Gasteiger partial charge in [0.25, 0.3) is 0 Å². The number of hydrogen-bond donors (Lipinski definition) is 2. The summed E-state index contributed by atoms with van der Waals surface area (Å²) in [4.78, 5) is 22.9. The van der Waals surface area contributed by atoms with Gasteiger partial charge in [-0.15, -0.1) is 0 Å². The molecule has 1 spiro atoms. The van der Waals surface area contributed by atoms with Gasteiger partial charge in [-0.05, 0) is 29.2 Å². The number of benzene rings is 2. The van der Waals surface area contributed by atoms with E-state index in [9.17, 15) is 19.8 Å². The zero-order valence-electron chi connectivity index (χ0n) is 14.8. The summed E-state index contributed by atoms with van der Waals surface area (Å²) in [7, 11) is 0. The van der Waals surface area contributed by atoms with Crippen LogP contribution < -0.4 is 0 Å². The maximum absolute atomic E-state index is 11.5. The van der Waals surface area contributed by atoms with Crippen LogP contribution in [0, 0.1) is 5.92 Å². The first kappa shape index (κ1) is 17.7. The van der Waals surface area contributed by atoms with Crippen LogP contribution >= 0.6 is 0 Å². The second-order valence-corrected chi connectivity index (χ2v) is 7.19. The zero-order valence-corrected chi connectivity index (χ0v) is 14.8. The normalized spacial score (nSPS) is 19.9. The molecule has 1 aliphatic heterocycles. The maximum atomic E-state index is 11.5.